The average Bonchev–Trinajstić information content (AvgIpc) is 3.78. The van der Waals surface area contributed by atoms with Crippen LogP contribution in [0, 0.1) is 11.8 Å². The Labute approximate surface area is 313 Å². The highest BCUT2D eigenvalue weighted by Crippen LogP contribution is 2.28. The number of Topliss-reactive ketones (excluding diaryl/α,β-unsaturated/α-hetero) is 1. The van der Waals surface area contributed by atoms with E-state index >= 15 is 0 Å². The van der Waals surface area contributed by atoms with Crippen molar-refractivity contribution in [3.8, 4) is 23.0 Å². The van der Waals surface area contributed by atoms with Crippen molar-refractivity contribution in [2.24, 2.45) is 11.8 Å². The molecule has 3 atom stereocenters. The molecule has 1 aromatic carbocycles. The predicted molar refractivity (Wildman–Crippen MR) is 195 cm³/mol. The minimum Gasteiger partial charge on any atom is -0.508 e. The zero-order valence-corrected chi connectivity index (χ0v) is 31.6. The van der Waals surface area contributed by atoms with E-state index in [1.165, 1.54) is 29.3 Å². The second-order valence-electron chi connectivity index (χ2n) is 14.6. The first-order valence-electron chi connectivity index (χ1n) is 17.7. The highest BCUT2D eigenvalue weighted by atomic mass is 35.5. The molecule has 1 aliphatic rings. The highest BCUT2D eigenvalue weighted by Gasteiger charge is 2.40. The topological polar surface area (TPSA) is 217 Å². The summed E-state index contributed by atoms with van der Waals surface area (Å²) in [5.74, 6) is -3.78. The van der Waals surface area contributed by atoms with Gasteiger partial charge in [0.2, 0.25) is 29.4 Å². The number of halogens is 1. The fourth-order valence-corrected chi connectivity index (χ4v) is 6.29. The Morgan fingerprint density at radius 2 is 1.64 bits per heavy atom. The molecule has 0 saturated carbocycles. The van der Waals surface area contributed by atoms with Gasteiger partial charge in [-0.25, -0.2) is 0 Å². The maximum absolute atomic E-state index is 13.8. The number of carbonyl (C=O) groups is 5. The lowest BCUT2D eigenvalue weighted by Crippen LogP contribution is -2.57. The molecule has 1 saturated heterocycles. The lowest BCUT2D eigenvalue weighted by atomic mass is 9.96. The van der Waals surface area contributed by atoms with Gasteiger partial charge in [-0.2, -0.15) is 0 Å². The number of hydrogen-bond donors (Lipinski definition) is 5. The number of nitrogens with one attached hydrogen (secondary N) is 3. The SMILES string of the molecule is CC(C)[C@H](NC(=O)[C@@H]1CCCN1C(=O)[C@@H](NC(=O)CCCCC(C)(C)NC(=O)c1cc(Cl)ccn1)C(C)C)C(=O)c1nnc(-c2cc(O)cc(O)c2)o1. The summed E-state index contributed by atoms with van der Waals surface area (Å²) in [4.78, 5) is 72.1. The van der Waals surface area contributed by atoms with E-state index in [0.717, 1.165) is 6.07 Å². The van der Waals surface area contributed by atoms with Crippen molar-refractivity contribution in [3.63, 3.8) is 0 Å². The summed E-state index contributed by atoms with van der Waals surface area (Å²) in [5.41, 5.74) is -0.151. The minimum absolute atomic E-state index is 0.109. The zero-order valence-electron chi connectivity index (χ0n) is 30.8. The van der Waals surface area contributed by atoms with Crippen LogP contribution in [-0.2, 0) is 14.4 Å². The first-order valence-corrected chi connectivity index (χ1v) is 18.1. The number of phenolic OH excluding ortho intramolecular Hbond substituents is 2. The summed E-state index contributed by atoms with van der Waals surface area (Å²) < 4.78 is 5.55. The predicted octanol–water partition coefficient (Wildman–Crippen LogP) is 4.42. The van der Waals surface area contributed by atoms with Gasteiger partial charge in [0.1, 0.15) is 29.3 Å². The van der Waals surface area contributed by atoms with Crippen LogP contribution in [0.25, 0.3) is 11.5 Å². The number of phenols is 2. The molecule has 0 spiro atoms. The van der Waals surface area contributed by atoms with Crippen LogP contribution in [0.1, 0.15) is 101 Å². The normalized spacial score (nSPS) is 15.6. The number of rotatable bonds is 16. The van der Waals surface area contributed by atoms with Gasteiger partial charge in [0.25, 0.3) is 11.8 Å². The molecule has 286 valence electrons. The molecule has 2 aromatic heterocycles. The van der Waals surface area contributed by atoms with Crippen LogP contribution in [0.4, 0.5) is 0 Å². The number of carbonyl (C=O) groups excluding carboxylic acids is 5. The van der Waals surface area contributed by atoms with E-state index < -0.39 is 35.4 Å². The van der Waals surface area contributed by atoms with Crippen LogP contribution < -0.4 is 16.0 Å². The molecule has 1 fully saturated rings. The molecule has 0 unspecified atom stereocenters. The van der Waals surface area contributed by atoms with Gasteiger partial charge in [-0.05, 0) is 75.6 Å². The van der Waals surface area contributed by atoms with Gasteiger partial charge in [-0.3, -0.25) is 29.0 Å². The maximum Gasteiger partial charge on any atom is 0.286 e. The molecule has 0 bridgehead atoms. The maximum atomic E-state index is 13.8. The van der Waals surface area contributed by atoms with Crippen LogP contribution in [0.5, 0.6) is 11.5 Å². The fraction of sp³-hybridized carbons (Fsp3) is 0.514. The smallest absolute Gasteiger partial charge is 0.286 e. The number of benzene rings is 1. The van der Waals surface area contributed by atoms with Crippen molar-refractivity contribution in [2.45, 2.75) is 104 Å². The van der Waals surface area contributed by atoms with Gasteiger partial charge in [-0.1, -0.05) is 45.7 Å². The number of likely N-dealkylation sites (tertiary alicyclic amines) is 1. The van der Waals surface area contributed by atoms with Crippen molar-refractivity contribution in [3.05, 3.63) is 53.1 Å². The summed E-state index contributed by atoms with van der Waals surface area (Å²) in [6.45, 7) is 11.2. The molecular formula is C37H48ClN7O8. The van der Waals surface area contributed by atoms with Crippen LogP contribution >= 0.6 is 11.6 Å². The van der Waals surface area contributed by atoms with Crippen molar-refractivity contribution in [1.82, 2.24) is 36.0 Å². The van der Waals surface area contributed by atoms with E-state index in [2.05, 4.69) is 31.1 Å². The van der Waals surface area contributed by atoms with E-state index in [1.54, 1.807) is 19.9 Å². The Bertz CT molecular complexity index is 1790. The molecule has 4 rings (SSSR count). The van der Waals surface area contributed by atoms with Crippen molar-refractivity contribution >= 4 is 41.0 Å². The minimum atomic E-state index is -1.06. The van der Waals surface area contributed by atoms with E-state index in [9.17, 15) is 34.2 Å². The third-order valence-corrected chi connectivity index (χ3v) is 9.22. The van der Waals surface area contributed by atoms with Gasteiger partial charge in [0, 0.05) is 41.4 Å². The number of hydrogen-bond acceptors (Lipinski definition) is 11. The first-order chi connectivity index (χ1) is 25.0. The molecule has 1 aliphatic heterocycles. The van der Waals surface area contributed by atoms with E-state index in [0.29, 0.717) is 43.7 Å². The molecule has 0 radical (unpaired) electrons. The summed E-state index contributed by atoms with van der Waals surface area (Å²) in [6, 6.07) is 4.00. The number of pyridine rings is 1. The van der Waals surface area contributed by atoms with Crippen LogP contribution in [0.2, 0.25) is 5.02 Å². The van der Waals surface area contributed by atoms with E-state index in [-0.39, 0.29) is 70.5 Å². The lowest BCUT2D eigenvalue weighted by molar-refractivity contribution is -0.142. The first kappa shape index (κ1) is 40.7. The third kappa shape index (κ3) is 11.0. The molecular weight excluding hydrogens is 706 g/mol. The Morgan fingerprint density at radius 1 is 0.962 bits per heavy atom. The van der Waals surface area contributed by atoms with Gasteiger partial charge >= 0.3 is 0 Å². The quantitative estimate of drug-likeness (QED) is 0.102. The largest absolute Gasteiger partial charge is 0.508 e. The van der Waals surface area contributed by atoms with Gasteiger partial charge in [0.05, 0.1) is 6.04 Å². The summed E-state index contributed by atoms with van der Waals surface area (Å²) >= 11 is 5.98. The zero-order chi connectivity index (χ0) is 39.0. The molecule has 4 amide bonds. The third-order valence-electron chi connectivity index (χ3n) is 8.98. The Hall–Kier alpha value is -5.05. The number of ketones is 1. The van der Waals surface area contributed by atoms with Gasteiger partial charge < -0.3 is 35.5 Å². The lowest BCUT2D eigenvalue weighted by Gasteiger charge is -2.31. The number of unbranched alkanes of at least 4 members (excludes halogenated alkanes) is 1. The van der Waals surface area contributed by atoms with Gasteiger partial charge in [-0.15, -0.1) is 10.2 Å². The number of aromatic nitrogens is 3. The Morgan fingerprint density at radius 3 is 2.28 bits per heavy atom. The molecule has 53 heavy (non-hydrogen) atoms. The van der Waals surface area contributed by atoms with Crippen LogP contribution in [0.3, 0.4) is 0 Å². The average molecular weight is 754 g/mol. The number of nitrogens with zero attached hydrogens (tertiary/aromatic N) is 4. The molecule has 3 heterocycles. The Balaban J connectivity index is 1.32. The standard InChI is InChI=1S/C37H48ClN7O8/c1-20(2)29(31(49)35-44-43-34(53-35)22-16-24(46)19-25(47)17-22)41-33(51)27-10-9-15-45(27)36(52)30(21(3)4)40-28(48)11-7-8-13-37(5,6)42-32(50)26-18-23(38)12-14-39-26/h12,14,16-21,27,29-30,46-47H,7-11,13,15H2,1-6H3,(H,40,48)(H,41,51)(H,42,50)/t27-,29-,30-/m0/s1. The fourth-order valence-electron chi connectivity index (χ4n) is 6.13. The van der Waals surface area contributed by atoms with E-state index in [4.69, 9.17) is 16.0 Å². The molecule has 15 nitrogen and oxygen atoms in total. The second kappa shape index (κ2) is 17.6. The van der Waals surface area contributed by atoms with Crippen molar-refractivity contribution in [2.75, 3.05) is 6.54 Å². The van der Waals surface area contributed by atoms with Crippen molar-refractivity contribution < 1.29 is 38.6 Å². The van der Waals surface area contributed by atoms with Crippen LogP contribution in [0.15, 0.2) is 40.9 Å². The molecule has 3 aromatic rings. The molecule has 0 aliphatic carbocycles. The summed E-state index contributed by atoms with van der Waals surface area (Å²) in [6.07, 6.45) is 4.33. The van der Waals surface area contributed by atoms with Crippen molar-refractivity contribution in [1.29, 1.82) is 0 Å². The summed E-state index contributed by atoms with van der Waals surface area (Å²) in [5, 5.41) is 36.3. The monoisotopic (exact) mass is 753 g/mol. The summed E-state index contributed by atoms with van der Waals surface area (Å²) in [7, 11) is 0. The second-order valence-corrected chi connectivity index (χ2v) is 15.1. The number of amides is 4. The molecule has 16 heteroatoms. The van der Waals surface area contributed by atoms with E-state index in [1.807, 2.05) is 27.7 Å². The van der Waals surface area contributed by atoms with Gasteiger partial charge in [0.15, 0.2) is 0 Å². The molecule has 5 N–H and O–H groups in total. The van der Waals surface area contributed by atoms with Crippen LogP contribution in [-0.4, -0.2) is 89.9 Å². The highest BCUT2D eigenvalue weighted by molar-refractivity contribution is 6.30. The number of aromatic hydroxyl groups is 2. The Kier molecular flexibility index (Phi) is 13.6.